The van der Waals surface area contributed by atoms with E-state index in [2.05, 4.69) is 26.1 Å². The smallest absolute Gasteiger partial charge is 0.0590 e. The second kappa shape index (κ2) is 10.0. The number of unbranched alkanes of at least 4 members (excludes halogenated alkanes) is 1. The molecule has 80 valence electrons. The van der Waals surface area contributed by atoms with Crippen LogP contribution in [-0.2, 0) is 4.74 Å². The van der Waals surface area contributed by atoms with Gasteiger partial charge in [-0.05, 0) is 25.3 Å². The summed E-state index contributed by atoms with van der Waals surface area (Å²) < 4.78 is 5.42. The van der Waals surface area contributed by atoms with Gasteiger partial charge in [0.05, 0.1) is 6.61 Å². The van der Waals surface area contributed by atoms with E-state index >= 15 is 0 Å². The van der Waals surface area contributed by atoms with E-state index in [9.17, 15) is 0 Å². The Morgan fingerprint density at radius 1 is 1.15 bits per heavy atom. The van der Waals surface area contributed by atoms with Crippen molar-refractivity contribution in [3.05, 3.63) is 0 Å². The normalized spacial score (nSPS) is 11.1. The summed E-state index contributed by atoms with van der Waals surface area (Å²) >= 11 is 0. The van der Waals surface area contributed by atoms with Gasteiger partial charge in [-0.25, -0.2) is 0 Å². The van der Waals surface area contributed by atoms with E-state index in [0.29, 0.717) is 0 Å². The summed E-state index contributed by atoms with van der Waals surface area (Å²) in [6.45, 7) is 10.6. The van der Waals surface area contributed by atoms with E-state index in [-0.39, 0.29) is 0 Å². The highest BCUT2D eigenvalue weighted by atomic mass is 16.5. The van der Waals surface area contributed by atoms with Gasteiger partial charge in [0.1, 0.15) is 0 Å². The van der Waals surface area contributed by atoms with Crippen LogP contribution in [0, 0.1) is 5.92 Å². The molecule has 13 heavy (non-hydrogen) atoms. The maximum Gasteiger partial charge on any atom is 0.0590 e. The lowest BCUT2D eigenvalue weighted by Gasteiger charge is -2.07. The van der Waals surface area contributed by atoms with Crippen LogP contribution in [-0.4, -0.2) is 26.3 Å². The van der Waals surface area contributed by atoms with Crippen molar-refractivity contribution in [3.8, 4) is 0 Å². The van der Waals surface area contributed by atoms with E-state index in [1.54, 1.807) is 0 Å². The Morgan fingerprint density at radius 2 is 1.92 bits per heavy atom. The Bertz CT molecular complexity index is 94.1. The summed E-state index contributed by atoms with van der Waals surface area (Å²) in [5, 5.41) is 3.37. The van der Waals surface area contributed by atoms with E-state index in [1.165, 1.54) is 19.3 Å². The van der Waals surface area contributed by atoms with Crippen molar-refractivity contribution in [3.63, 3.8) is 0 Å². The molecule has 0 fully saturated rings. The average molecular weight is 187 g/mol. The number of hydrogen-bond acceptors (Lipinski definition) is 2. The van der Waals surface area contributed by atoms with Crippen molar-refractivity contribution in [2.45, 2.75) is 40.0 Å². The third-order valence-corrected chi connectivity index (χ3v) is 1.96. The maximum absolute atomic E-state index is 5.42. The van der Waals surface area contributed by atoms with Crippen LogP contribution in [0.1, 0.15) is 40.0 Å². The number of rotatable bonds is 9. The first-order valence-corrected chi connectivity index (χ1v) is 5.55. The molecule has 0 aliphatic heterocycles. The highest BCUT2D eigenvalue weighted by molar-refractivity contribution is 4.50. The van der Waals surface area contributed by atoms with Gasteiger partial charge in [-0.15, -0.1) is 0 Å². The zero-order valence-corrected chi connectivity index (χ0v) is 9.44. The highest BCUT2D eigenvalue weighted by Crippen LogP contribution is 1.95. The van der Waals surface area contributed by atoms with Crippen molar-refractivity contribution in [2.75, 3.05) is 26.3 Å². The molecule has 1 N–H and O–H groups in total. The van der Waals surface area contributed by atoms with Crippen LogP contribution in [0.3, 0.4) is 0 Å². The van der Waals surface area contributed by atoms with Crippen molar-refractivity contribution in [1.82, 2.24) is 5.32 Å². The molecule has 0 aliphatic carbocycles. The van der Waals surface area contributed by atoms with Gasteiger partial charge < -0.3 is 10.1 Å². The molecule has 0 atom stereocenters. The van der Waals surface area contributed by atoms with Crippen molar-refractivity contribution < 1.29 is 4.74 Å². The molecule has 0 rings (SSSR count). The molecule has 2 nitrogen and oxygen atoms in total. The lowest BCUT2D eigenvalue weighted by Crippen LogP contribution is -2.22. The molecule has 0 saturated carbocycles. The van der Waals surface area contributed by atoms with Crippen LogP contribution < -0.4 is 5.32 Å². The van der Waals surface area contributed by atoms with Gasteiger partial charge in [-0.3, -0.25) is 0 Å². The minimum atomic E-state index is 0.800. The fourth-order valence-electron chi connectivity index (χ4n) is 1.01. The van der Waals surface area contributed by atoms with E-state index in [4.69, 9.17) is 4.74 Å². The third-order valence-electron chi connectivity index (χ3n) is 1.96. The Hall–Kier alpha value is -0.0800. The number of hydrogen-bond donors (Lipinski definition) is 1. The number of ether oxygens (including phenoxy) is 1. The van der Waals surface area contributed by atoms with Crippen LogP contribution in [0.2, 0.25) is 0 Å². The molecule has 2 heteroatoms. The molecule has 0 aromatic heterocycles. The zero-order chi connectivity index (χ0) is 9.94. The molecular weight excluding hydrogens is 162 g/mol. The zero-order valence-electron chi connectivity index (χ0n) is 9.44. The summed E-state index contributed by atoms with van der Waals surface area (Å²) in [4.78, 5) is 0. The average Bonchev–Trinajstić information content (AvgIpc) is 2.09. The third kappa shape index (κ3) is 11.9. The van der Waals surface area contributed by atoms with Gasteiger partial charge >= 0.3 is 0 Å². The SMILES string of the molecule is CCCCOCCNCCC(C)C. The van der Waals surface area contributed by atoms with Crippen LogP contribution in [0.25, 0.3) is 0 Å². The maximum atomic E-state index is 5.42. The minimum Gasteiger partial charge on any atom is -0.380 e. The molecule has 0 spiro atoms. The lowest BCUT2D eigenvalue weighted by molar-refractivity contribution is 0.133. The first kappa shape index (κ1) is 12.9. The standard InChI is InChI=1S/C11H25NO/c1-4-5-9-13-10-8-12-7-6-11(2)3/h11-12H,4-10H2,1-3H3. The van der Waals surface area contributed by atoms with Crippen LogP contribution in [0.15, 0.2) is 0 Å². The van der Waals surface area contributed by atoms with Crippen molar-refractivity contribution in [2.24, 2.45) is 5.92 Å². The van der Waals surface area contributed by atoms with E-state index < -0.39 is 0 Å². The van der Waals surface area contributed by atoms with Gasteiger partial charge in [0.15, 0.2) is 0 Å². The Morgan fingerprint density at radius 3 is 2.54 bits per heavy atom. The first-order valence-electron chi connectivity index (χ1n) is 5.55. The van der Waals surface area contributed by atoms with Gasteiger partial charge in [-0.1, -0.05) is 27.2 Å². The summed E-state index contributed by atoms with van der Waals surface area (Å²) in [5.74, 6) is 0.800. The Kier molecular flexibility index (Phi) is 9.94. The van der Waals surface area contributed by atoms with Crippen LogP contribution in [0.5, 0.6) is 0 Å². The molecular formula is C11H25NO. The molecule has 0 amide bonds. The Balaban J connectivity index is 2.84. The summed E-state index contributed by atoms with van der Waals surface area (Å²) in [7, 11) is 0. The molecule has 0 radical (unpaired) electrons. The second-order valence-corrected chi connectivity index (χ2v) is 3.90. The van der Waals surface area contributed by atoms with Crippen LogP contribution >= 0.6 is 0 Å². The molecule has 0 heterocycles. The molecule has 0 bridgehead atoms. The molecule has 0 aliphatic rings. The summed E-state index contributed by atoms with van der Waals surface area (Å²) in [6.07, 6.45) is 3.67. The fourth-order valence-corrected chi connectivity index (χ4v) is 1.01. The predicted molar refractivity (Wildman–Crippen MR) is 58.1 cm³/mol. The minimum absolute atomic E-state index is 0.800. The summed E-state index contributed by atoms with van der Waals surface area (Å²) in [6, 6.07) is 0. The summed E-state index contributed by atoms with van der Waals surface area (Å²) in [5.41, 5.74) is 0. The molecule has 0 aromatic rings. The van der Waals surface area contributed by atoms with E-state index in [0.717, 1.165) is 32.2 Å². The highest BCUT2D eigenvalue weighted by Gasteiger charge is 1.92. The topological polar surface area (TPSA) is 21.3 Å². The molecule has 0 aromatic carbocycles. The van der Waals surface area contributed by atoms with Crippen molar-refractivity contribution >= 4 is 0 Å². The second-order valence-electron chi connectivity index (χ2n) is 3.90. The first-order chi connectivity index (χ1) is 6.27. The van der Waals surface area contributed by atoms with Crippen LogP contribution in [0.4, 0.5) is 0 Å². The quantitative estimate of drug-likeness (QED) is 0.560. The van der Waals surface area contributed by atoms with Gasteiger partial charge in [-0.2, -0.15) is 0 Å². The van der Waals surface area contributed by atoms with Gasteiger partial charge in [0, 0.05) is 13.2 Å². The molecule has 0 saturated heterocycles. The Labute approximate surface area is 83.1 Å². The lowest BCUT2D eigenvalue weighted by atomic mass is 10.1. The largest absolute Gasteiger partial charge is 0.380 e. The molecule has 0 unspecified atom stereocenters. The van der Waals surface area contributed by atoms with Gasteiger partial charge in [0.25, 0.3) is 0 Å². The monoisotopic (exact) mass is 187 g/mol. The van der Waals surface area contributed by atoms with Crippen molar-refractivity contribution in [1.29, 1.82) is 0 Å². The van der Waals surface area contributed by atoms with E-state index in [1.807, 2.05) is 0 Å². The number of nitrogens with one attached hydrogen (secondary N) is 1. The van der Waals surface area contributed by atoms with Gasteiger partial charge in [0.2, 0.25) is 0 Å². The predicted octanol–water partition coefficient (Wildman–Crippen LogP) is 2.44. The fraction of sp³-hybridized carbons (Fsp3) is 1.00.